The zero-order chi connectivity index (χ0) is 13.7. The number of hydrogen-bond acceptors (Lipinski definition) is 4. The van der Waals surface area contributed by atoms with Crippen molar-refractivity contribution < 1.29 is 14.6 Å². The summed E-state index contributed by atoms with van der Waals surface area (Å²) in [6.07, 6.45) is 6.55. The Bertz CT molecular complexity index is 410. The molecule has 5 unspecified atom stereocenters. The highest BCUT2D eigenvalue weighted by atomic mass is 32.2. The zero-order valence-corrected chi connectivity index (χ0v) is 12.6. The van der Waals surface area contributed by atoms with Crippen molar-refractivity contribution >= 4 is 17.7 Å². The quantitative estimate of drug-likeness (QED) is 0.844. The van der Waals surface area contributed by atoms with E-state index in [-0.39, 0.29) is 11.5 Å². The third-order valence-corrected chi connectivity index (χ3v) is 7.09. The summed E-state index contributed by atoms with van der Waals surface area (Å²) in [4.78, 5) is 14.0. The average Bonchev–Trinajstić information content (AvgIpc) is 3.13. The number of nitrogens with zero attached hydrogens (tertiary/aromatic N) is 1. The van der Waals surface area contributed by atoms with Crippen LogP contribution in [0.4, 0.5) is 0 Å². The van der Waals surface area contributed by atoms with E-state index in [1.807, 2.05) is 11.8 Å². The van der Waals surface area contributed by atoms with Gasteiger partial charge in [0.25, 0.3) is 0 Å². The second kappa shape index (κ2) is 4.89. The fourth-order valence-electron chi connectivity index (χ4n) is 4.98. The van der Waals surface area contributed by atoms with Crippen LogP contribution in [0.25, 0.3) is 0 Å². The lowest BCUT2D eigenvalue weighted by Crippen LogP contribution is -2.51. The van der Waals surface area contributed by atoms with Crippen molar-refractivity contribution in [2.45, 2.75) is 62.3 Å². The number of hydrogen-bond donors (Lipinski definition) is 1. The summed E-state index contributed by atoms with van der Waals surface area (Å²) in [5.74, 6) is 1.65. The topological polar surface area (TPSA) is 49.8 Å². The minimum Gasteiger partial charge on any atom is -0.481 e. The van der Waals surface area contributed by atoms with Gasteiger partial charge in [-0.25, -0.2) is 0 Å². The molecule has 0 aliphatic carbocycles. The van der Waals surface area contributed by atoms with E-state index in [2.05, 4.69) is 4.90 Å². The van der Waals surface area contributed by atoms with Gasteiger partial charge in [-0.15, -0.1) is 0 Å². The molecule has 4 rings (SSSR count). The molecular formula is C15H23NO3S. The standard InChI is InChI=1S/C15H23NO3S/c17-14(18)12-7-10-1-2-13(12)16(10)11-3-5-19-15(8-11)4-6-20-9-15/h10-13H,1-9H2,(H,17,18). The lowest BCUT2D eigenvalue weighted by atomic mass is 9.88. The summed E-state index contributed by atoms with van der Waals surface area (Å²) in [7, 11) is 0. The van der Waals surface area contributed by atoms with Gasteiger partial charge in [0.05, 0.1) is 11.5 Å². The van der Waals surface area contributed by atoms with Crippen molar-refractivity contribution in [1.82, 2.24) is 4.90 Å². The molecule has 0 radical (unpaired) electrons. The molecule has 0 aromatic carbocycles. The van der Waals surface area contributed by atoms with Crippen LogP contribution in [0, 0.1) is 5.92 Å². The Labute approximate surface area is 124 Å². The van der Waals surface area contributed by atoms with Crippen LogP contribution in [0.15, 0.2) is 0 Å². The number of ether oxygens (including phenoxy) is 1. The maximum Gasteiger partial charge on any atom is 0.308 e. The van der Waals surface area contributed by atoms with Crippen LogP contribution < -0.4 is 0 Å². The van der Waals surface area contributed by atoms with Gasteiger partial charge in [0.15, 0.2) is 0 Å². The molecule has 112 valence electrons. The summed E-state index contributed by atoms with van der Waals surface area (Å²) in [5.41, 5.74) is 0.105. The Hall–Kier alpha value is -0.260. The fraction of sp³-hybridized carbons (Fsp3) is 0.933. The molecule has 4 aliphatic heterocycles. The number of aliphatic carboxylic acids is 1. The van der Waals surface area contributed by atoms with Crippen molar-refractivity contribution in [3.8, 4) is 0 Å². The summed E-state index contributed by atoms with van der Waals surface area (Å²) >= 11 is 2.01. The van der Waals surface area contributed by atoms with Crippen molar-refractivity contribution in [2.75, 3.05) is 18.1 Å². The van der Waals surface area contributed by atoms with E-state index in [1.165, 1.54) is 18.6 Å². The van der Waals surface area contributed by atoms with E-state index < -0.39 is 5.97 Å². The van der Waals surface area contributed by atoms with Crippen molar-refractivity contribution in [1.29, 1.82) is 0 Å². The minimum absolute atomic E-state index is 0.105. The molecule has 5 atom stereocenters. The second-order valence-electron chi connectivity index (χ2n) is 6.91. The van der Waals surface area contributed by atoms with Crippen LogP contribution in [0.2, 0.25) is 0 Å². The zero-order valence-electron chi connectivity index (χ0n) is 11.8. The summed E-state index contributed by atoms with van der Waals surface area (Å²) in [5, 5.41) is 9.40. The van der Waals surface area contributed by atoms with Crippen LogP contribution in [-0.2, 0) is 9.53 Å². The van der Waals surface area contributed by atoms with E-state index in [9.17, 15) is 9.90 Å². The maximum absolute atomic E-state index is 11.4. The molecular weight excluding hydrogens is 274 g/mol. The molecule has 0 aromatic heterocycles. The molecule has 1 spiro atoms. The van der Waals surface area contributed by atoms with Gasteiger partial charge in [0.1, 0.15) is 0 Å². The molecule has 20 heavy (non-hydrogen) atoms. The number of thioether (sulfide) groups is 1. The molecule has 4 saturated heterocycles. The minimum atomic E-state index is -0.583. The second-order valence-corrected chi connectivity index (χ2v) is 8.01. The third-order valence-electron chi connectivity index (χ3n) is 5.86. The molecule has 0 aromatic rings. The van der Waals surface area contributed by atoms with Crippen LogP contribution in [0.5, 0.6) is 0 Å². The van der Waals surface area contributed by atoms with Crippen LogP contribution in [0.1, 0.15) is 38.5 Å². The van der Waals surface area contributed by atoms with E-state index in [1.54, 1.807) is 0 Å². The van der Waals surface area contributed by atoms with Gasteiger partial charge in [-0.3, -0.25) is 9.69 Å². The Morgan fingerprint density at radius 2 is 2.20 bits per heavy atom. The number of carboxylic acids is 1. The third kappa shape index (κ3) is 2.01. The van der Waals surface area contributed by atoms with Gasteiger partial charge < -0.3 is 9.84 Å². The number of carboxylic acid groups (broad SMARTS) is 1. The first-order valence-electron chi connectivity index (χ1n) is 7.90. The monoisotopic (exact) mass is 297 g/mol. The number of carbonyl (C=O) groups is 1. The van der Waals surface area contributed by atoms with E-state index in [0.717, 1.165) is 38.0 Å². The summed E-state index contributed by atoms with van der Waals surface area (Å²) in [6.45, 7) is 0.860. The highest BCUT2D eigenvalue weighted by molar-refractivity contribution is 7.99. The van der Waals surface area contributed by atoms with Gasteiger partial charge in [-0.05, 0) is 44.3 Å². The highest BCUT2D eigenvalue weighted by Crippen LogP contribution is 2.47. The van der Waals surface area contributed by atoms with Crippen molar-refractivity contribution in [3.63, 3.8) is 0 Å². The first-order valence-corrected chi connectivity index (χ1v) is 9.06. The molecule has 0 amide bonds. The van der Waals surface area contributed by atoms with Gasteiger partial charge in [0.2, 0.25) is 0 Å². The molecule has 2 bridgehead atoms. The molecule has 4 aliphatic rings. The Morgan fingerprint density at radius 3 is 2.90 bits per heavy atom. The van der Waals surface area contributed by atoms with E-state index in [0.29, 0.717) is 18.1 Å². The molecule has 5 heteroatoms. The Kier molecular flexibility index (Phi) is 3.28. The number of fused-ring (bicyclic) bond motifs is 2. The normalized spacial score (nSPS) is 48.2. The van der Waals surface area contributed by atoms with Gasteiger partial charge in [-0.2, -0.15) is 11.8 Å². The van der Waals surface area contributed by atoms with E-state index >= 15 is 0 Å². The summed E-state index contributed by atoms with van der Waals surface area (Å²) in [6, 6.07) is 1.38. The van der Waals surface area contributed by atoms with Crippen molar-refractivity contribution in [2.24, 2.45) is 5.92 Å². The fourth-order valence-corrected chi connectivity index (χ4v) is 6.36. The maximum atomic E-state index is 11.4. The van der Waals surface area contributed by atoms with Crippen molar-refractivity contribution in [3.05, 3.63) is 0 Å². The lowest BCUT2D eigenvalue weighted by molar-refractivity contribution is -0.143. The largest absolute Gasteiger partial charge is 0.481 e. The lowest BCUT2D eigenvalue weighted by Gasteiger charge is -2.43. The molecule has 1 N–H and O–H groups in total. The molecule has 4 fully saturated rings. The molecule has 4 heterocycles. The van der Waals surface area contributed by atoms with E-state index in [4.69, 9.17) is 4.74 Å². The average molecular weight is 297 g/mol. The Balaban J connectivity index is 1.51. The number of rotatable bonds is 2. The van der Waals surface area contributed by atoms with Crippen LogP contribution in [-0.4, -0.2) is 57.8 Å². The molecule has 0 saturated carbocycles. The van der Waals surface area contributed by atoms with Gasteiger partial charge in [-0.1, -0.05) is 0 Å². The smallest absolute Gasteiger partial charge is 0.308 e. The SMILES string of the molecule is O=C(O)C1CC2CCC1N2C1CCOC2(CCSC2)C1. The predicted octanol–water partition coefficient (Wildman–Crippen LogP) is 1.98. The van der Waals surface area contributed by atoms with Crippen LogP contribution >= 0.6 is 11.8 Å². The van der Waals surface area contributed by atoms with Crippen LogP contribution in [0.3, 0.4) is 0 Å². The first kappa shape index (κ1) is 13.4. The van der Waals surface area contributed by atoms with Gasteiger partial charge >= 0.3 is 5.97 Å². The highest BCUT2D eigenvalue weighted by Gasteiger charge is 2.53. The summed E-state index contributed by atoms with van der Waals surface area (Å²) < 4.78 is 6.12. The van der Waals surface area contributed by atoms with Gasteiger partial charge in [0, 0.05) is 30.5 Å². The first-order chi connectivity index (χ1) is 9.69. The molecule has 4 nitrogen and oxygen atoms in total. The predicted molar refractivity (Wildman–Crippen MR) is 78.0 cm³/mol. The Morgan fingerprint density at radius 1 is 1.30 bits per heavy atom.